The van der Waals surface area contributed by atoms with Gasteiger partial charge in [-0.15, -0.1) is 0 Å². The summed E-state index contributed by atoms with van der Waals surface area (Å²) in [5.41, 5.74) is 6.73. The van der Waals surface area contributed by atoms with E-state index in [1.54, 1.807) is 6.08 Å². The Labute approximate surface area is 176 Å². The van der Waals surface area contributed by atoms with Crippen LogP contribution < -0.4 is 0 Å². The fourth-order valence-corrected chi connectivity index (χ4v) is 4.18. The third kappa shape index (κ3) is 3.93. The van der Waals surface area contributed by atoms with Crippen molar-refractivity contribution in [2.75, 3.05) is 0 Å². The van der Waals surface area contributed by atoms with Gasteiger partial charge in [0.05, 0.1) is 5.41 Å². The van der Waals surface area contributed by atoms with Crippen LogP contribution >= 0.6 is 0 Å². The second-order valence-electron chi connectivity index (χ2n) is 6.72. The summed E-state index contributed by atoms with van der Waals surface area (Å²) >= 11 is 0. The maximum absolute atomic E-state index is 4.00. The van der Waals surface area contributed by atoms with Crippen molar-refractivity contribution in [1.29, 1.82) is 0 Å². The first kappa shape index (κ1) is 21.9. The molecule has 1 aliphatic rings. The minimum Gasteiger partial charge on any atom is -0.0991 e. The highest BCUT2D eigenvalue weighted by Gasteiger charge is 2.47. The number of allylic oxidation sites excluding steroid dienone is 16. The average Bonchev–Trinajstić information content (AvgIpc) is 2.98. The Bertz CT molecular complexity index is 968. The summed E-state index contributed by atoms with van der Waals surface area (Å²) in [4.78, 5) is 0. The van der Waals surface area contributed by atoms with Crippen molar-refractivity contribution in [3.05, 3.63) is 157 Å². The molecule has 29 heavy (non-hydrogen) atoms. The number of hydrogen-bond acceptors (Lipinski definition) is 0. The Balaban J connectivity index is 3.09. The summed E-state index contributed by atoms with van der Waals surface area (Å²) in [6.45, 7) is 20.0. The predicted octanol–water partition coefficient (Wildman–Crippen LogP) is 7.91. The summed E-state index contributed by atoms with van der Waals surface area (Å²) < 4.78 is 0. The zero-order chi connectivity index (χ0) is 21.3. The van der Waals surface area contributed by atoms with Gasteiger partial charge in [-0.1, -0.05) is 123 Å². The van der Waals surface area contributed by atoms with Crippen molar-refractivity contribution in [3.8, 4) is 0 Å². The van der Waals surface area contributed by atoms with Crippen molar-refractivity contribution in [3.63, 3.8) is 0 Å². The molecular formula is C29H30. The molecule has 0 bridgehead atoms. The van der Waals surface area contributed by atoms with Gasteiger partial charge in [-0.25, -0.2) is 0 Å². The standard InChI is InChI=1S/C29H30/c1-7-12-19-24(17-9-3)29(25-20-15-14-16-21-25)23(6)27(22-13-8-2)26(11-5)28(29)18-10-4/h7-22H,1-4H2,5-6H3/b19-12-,22-13-,24-17+,26-11-,28-18+. The van der Waals surface area contributed by atoms with Crippen molar-refractivity contribution in [1.82, 2.24) is 0 Å². The summed E-state index contributed by atoms with van der Waals surface area (Å²) in [6, 6.07) is 10.6. The van der Waals surface area contributed by atoms with E-state index in [1.807, 2.05) is 36.4 Å². The first-order valence-electron chi connectivity index (χ1n) is 9.81. The Morgan fingerprint density at radius 2 is 1.59 bits per heavy atom. The van der Waals surface area contributed by atoms with E-state index in [9.17, 15) is 0 Å². The zero-order valence-corrected chi connectivity index (χ0v) is 17.6. The highest BCUT2D eigenvalue weighted by molar-refractivity contribution is 5.77. The minimum atomic E-state index is -0.453. The van der Waals surface area contributed by atoms with Crippen molar-refractivity contribution >= 4 is 0 Å². The molecule has 0 aromatic heterocycles. The molecule has 0 aliphatic heterocycles. The predicted molar refractivity (Wildman–Crippen MR) is 130 cm³/mol. The van der Waals surface area contributed by atoms with E-state index >= 15 is 0 Å². The van der Waals surface area contributed by atoms with Gasteiger partial charge in [-0.05, 0) is 47.3 Å². The lowest BCUT2D eigenvalue weighted by Crippen LogP contribution is -2.29. The van der Waals surface area contributed by atoms with Crippen molar-refractivity contribution < 1.29 is 0 Å². The molecule has 0 amide bonds. The molecule has 0 N–H and O–H groups in total. The van der Waals surface area contributed by atoms with E-state index < -0.39 is 5.41 Å². The van der Waals surface area contributed by atoms with E-state index in [0.29, 0.717) is 0 Å². The monoisotopic (exact) mass is 378 g/mol. The quantitative estimate of drug-likeness (QED) is 0.403. The first-order chi connectivity index (χ1) is 14.1. The van der Waals surface area contributed by atoms with Crippen LogP contribution in [0.15, 0.2) is 151 Å². The van der Waals surface area contributed by atoms with Gasteiger partial charge in [0.2, 0.25) is 0 Å². The van der Waals surface area contributed by atoms with E-state index in [0.717, 1.165) is 5.57 Å². The molecule has 1 aromatic carbocycles. The lowest BCUT2D eigenvalue weighted by molar-refractivity contribution is 0.738. The minimum absolute atomic E-state index is 0.453. The fraction of sp³-hybridized carbons (Fsp3) is 0.103. The summed E-state index contributed by atoms with van der Waals surface area (Å²) in [5.74, 6) is 0. The largest absolute Gasteiger partial charge is 0.0991 e. The molecule has 0 nitrogen and oxygen atoms in total. The van der Waals surface area contributed by atoms with Crippen molar-refractivity contribution in [2.45, 2.75) is 19.3 Å². The second kappa shape index (κ2) is 10.2. The first-order valence-corrected chi connectivity index (χ1v) is 9.81. The van der Waals surface area contributed by atoms with E-state index in [2.05, 4.69) is 94.8 Å². The summed E-state index contributed by atoms with van der Waals surface area (Å²) in [5, 5.41) is 0. The van der Waals surface area contributed by atoms with E-state index in [4.69, 9.17) is 0 Å². The molecule has 0 radical (unpaired) electrons. The van der Waals surface area contributed by atoms with Gasteiger partial charge in [0.1, 0.15) is 0 Å². The molecule has 1 unspecified atom stereocenters. The molecule has 0 saturated carbocycles. The average molecular weight is 379 g/mol. The van der Waals surface area contributed by atoms with Gasteiger partial charge in [0, 0.05) is 0 Å². The number of rotatable bonds is 8. The summed E-state index contributed by atoms with van der Waals surface area (Å²) in [6.07, 6.45) is 21.9. The third-order valence-corrected chi connectivity index (χ3v) is 5.27. The molecule has 0 spiro atoms. The fourth-order valence-electron chi connectivity index (χ4n) is 4.18. The lowest BCUT2D eigenvalue weighted by Gasteiger charge is -2.36. The Kier molecular flexibility index (Phi) is 7.74. The Hall–Kier alpha value is -3.38. The van der Waals surface area contributed by atoms with Gasteiger partial charge in [0.15, 0.2) is 0 Å². The van der Waals surface area contributed by atoms with Crippen LogP contribution in [-0.2, 0) is 5.41 Å². The highest BCUT2D eigenvalue weighted by atomic mass is 14.5. The van der Waals surface area contributed by atoms with E-state index in [-0.39, 0.29) is 0 Å². The van der Waals surface area contributed by atoms with Crippen LogP contribution in [0.25, 0.3) is 0 Å². The maximum Gasteiger partial charge on any atom is 0.0673 e. The van der Waals surface area contributed by atoms with Crippen LogP contribution in [0, 0.1) is 0 Å². The van der Waals surface area contributed by atoms with Crippen LogP contribution in [0.1, 0.15) is 19.4 Å². The normalized spacial score (nSPS) is 22.8. The van der Waals surface area contributed by atoms with Gasteiger partial charge in [0.25, 0.3) is 0 Å². The van der Waals surface area contributed by atoms with E-state index in [1.165, 1.54) is 27.9 Å². The number of benzene rings is 1. The van der Waals surface area contributed by atoms with Gasteiger partial charge >= 0.3 is 0 Å². The van der Waals surface area contributed by atoms with Gasteiger partial charge in [-0.3, -0.25) is 0 Å². The second-order valence-corrected chi connectivity index (χ2v) is 6.72. The van der Waals surface area contributed by atoms with Crippen LogP contribution in [-0.4, -0.2) is 0 Å². The molecular weight excluding hydrogens is 348 g/mol. The van der Waals surface area contributed by atoms with Crippen LogP contribution in [0.4, 0.5) is 0 Å². The molecule has 0 fully saturated rings. The third-order valence-electron chi connectivity index (χ3n) is 5.27. The summed E-state index contributed by atoms with van der Waals surface area (Å²) in [7, 11) is 0. The SMILES string of the molecule is C=C/C=C\C1=C(C)C(C(/C=C\C=C)=C/C=C)(c2ccccc2)C(=C/C=C)/C1=C\C. The Morgan fingerprint density at radius 3 is 2.14 bits per heavy atom. The van der Waals surface area contributed by atoms with Crippen LogP contribution in [0.2, 0.25) is 0 Å². The smallest absolute Gasteiger partial charge is 0.0673 e. The van der Waals surface area contributed by atoms with Gasteiger partial charge < -0.3 is 0 Å². The highest BCUT2D eigenvalue weighted by Crippen LogP contribution is 2.56. The van der Waals surface area contributed by atoms with Crippen molar-refractivity contribution in [2.24, 2.45) is 0 Å². The molecule has 1 aromatic rings. The molecule has 1 atom stereocenters. The number of hydrogen-bond donors (Lipinski definition) is 0. The lowest BCUT2D eigenvalue weighted by atomic mass is 9.66. The molecule has 0 saturated heterocycles. The molecule has 1 aliphatic carbocycles. The maximum atomic E-state index is 4.00. The van der Waals surface area contributed by atoms with Crippen LogP contribution in [0.5, 0.6) is 0 Å². The topological polar surface area (TPSA) is 0 Å². The Morgan fingerprint density at radius 1 is 0.897 bits per heavy atom. The zero-order valence-electron chi connectivity index (χ0n) is 17.6. The van der Waals surface area contributed by atoms with Crippen LogP contribution in [0.3, 0.4) is 0 Å². The molecule has 0 heterocycles. The molecule has 0 heteroatoms. The van der Waals surface area contributed by atoms with Gasteiger partial charge in [-0.2, -0.15) is 0 Å². The molecule has 2 rings (SSSR count). The molecule has 146 valence electrons.